The van der Waals surface area contributed by atoms with E-state index in [1.54, 1.807) is 48.2 Å². The predicted octanol–water partition coefficient (Wildman–Crippen LogP) is 4.60. The van der Waals surface area contributed by atoms with Crippen molar-refractivity contribution < 1.29 is 19.4 Å². The zero-order valence-corrected chi connectivity index (χ0v) is 23.2. The van der Waals surface area contributed by atoms with E-state index in [9.17, 15) is 9.90 Å². The summed E-state index contributed by atoms with van der Waals surface area (Å²) in [5, 5.41) is 27.6. The Morgan fingerprint density at radius 2 is 1.97 bits per heavy atom. The van der Waals surface area contributed by atoms with Gasteiger partial charge in [0.15, 0.2) is 0 Å². The zero-order valence-electron chi connectivity index (χ0n) is 20.8. The van der Waals surface area contributed by atoms with E-state index in [-0.39, 0.29) is 5.91 Å². The van der Waals surface area contributed by atoms with Crippen LogP contribution in [-0.2, 0) is 5.60 Å². The van der Waals surface area contributed by atoms with Crippen LogP contribution in [0, 0.1) is 0 Å². The third kappa shape index (κ3) is 5.13. The van der Waals surface area contributed by atoms with E-state index < -0.39 is 5.60 Å². The van der Waals surface area contributed by atoms with Crippen LogP contribution in [0.3, 0.4) is 0 Å². The molecular formula is C26H26BrClN6O4. The van der Waals surface area contributed by atoms with Crippen LogP contribution in [0.25, 0.3) is 16.9 Å². The largest absolute Gasteiger partial charge is 0.497 e. The number of nitrogens with zero attached hydrogens (tertiary/aromatic N) is 5. The molecule has 1 unspecified atom stereocenters. The first-order valence-electron chi connectivity index (χ1n) is 12.0. The summed E-state index contributed by atoms with van der Waals surface area (Å²) in [5.74, 6) is 1.07. The average molecular weight is 602 g/mol. The lowest BCUT2D eigenvalue weighted by Crippen LogP contribution is -2.34. The van der Waals surface area contributed by atoms with Gasteiger partial charge in [-0.3, -0.25) is 9.89 Å². The molecule has 0 radical (unpaired) electrons. The second kappa shape index (κ2) is 10.8. The number of carbonyl (C=O) groups excluding carboxylic acids is 1. The van der Waals surface area contributed by atoms with Gasteiger partial charge in [0.25, 0.3) is 5.91 Å². The number of halogens is 2. The highest BCUT2D eigenvalue weighted by Gasteiger charge is 2.36. The molecule has 0 saturated carbocycles. The number of hydrogen-bond donors (Lipinski definition) is 2. The fourth-order valence-corrected chi connectivity index (χ4v) is 4.98. The minimum atomic E-state index is -1.21. The molecule has 10 nitrogen and oxygen atoms in total. The Kier molecular flexibility index (Phi) is 7.42. The lowest BCUT2D eigenvalue weighted by molar-refractivity contribution is 0.0169. The third-order valence-electron chi connectivity index (χ3n) is 6.73. The summed E-state index contributed by atoms with van der Waals surface area (Å²) in [5.41, 5.74) is 1.67. The number of methoxy groups -OCH3 is 2. The number of amides is 1. The Morgan fingerprint density at radius 3 is 2.74 bits per heavy atom. The van der Waals surface area contributed by atoms with Gasteiger partial charge in [0.2, 0.25) is 0 Å². The maximum Gasteiger partial charge on any atom is 0.271 e. The Hall–Kier alpha value is -3.41. The van der Waals surface area contributed by atoms with Crippen LogP contribution in [0.5, 0.6) is 11.5 Å². The second-order valence-corrected chi connectivity index (χ2v) is 10.3. The quantitative estimate of drug-likeness (QED) is 0.332. The number of benzene rings is 2. The standard InChI is InChI=1S/C26H26BrClN6O4/c1-37-17-5-6-18(23(13-17)38-2)21-14-22(30-29-21)25(35)33-10-3-8-26(36,9-11-33)24-15-34(32-31-24)16-4-7-19(27)20(28)12-16/h4-7,12-15,36H,3,8-11H2,1-2H3,(H,29,30). The predicted molar refractivity (Wildman–Crippen MR) is 145 cm³/mol. The number of aromatic amines is 1. The van der Waals surface area contributed by atoms with Gasteiger partial charge in [0.1, 0.15) is 28.5 Å². The molecule has 1 fully saturated rings. The molecule has 2 aromatic carbocycles. The number of hydrogen-bond acceptors (Lipinski definition) is 7. The molecule has 198 valence electrons. The molecule has 2 N–H and O–H groups in total. The third-order valence-corrected chi connectivity index (χ3v) is 7.96. The van der Waals surface area contributed by atoms with E-state index in [0.29, 0.717) is 66.0 Å². The molecule has 0 bridgehead atoms. The number of carbonyl (C=O) groups is 1. The summed E-state index contributed by atoms with van der Waals surface area (Å²) >= 11 is 9.59. The van der Waals surface area contributed by atoms with Crippen molar-refractivity contribution in [1.29, 1.82) is 0 Å². The number of likely N-dealkylation sites (tertiary alicyclic amines) is 1. The highest BCUT2D eigenvalue weighted by Crippen LogP contribution is 2.34. The van der Waals surface area contributed by atoms with E-state index in [0.717, 1.165) is 15.7 Å². The number of nitrogens with one attached hydrogen (secondary N) is 1. The normalized spacial score (nSPS) is 17.8. The van der Waals surface area contributed by atoms with E-state index in [1.165, 1.54) is 0 Å². The van der Waals surface area contributed by atoms with Crippen molar-refractivity contribution in [1.82, 2.24) is 30.1 Å². The van der Waals surface area contributed by atoms with E-state index >= 15 is 0 Å². The van der Waals surface area contributed by atoms with Crippen LogP contribution in [0.15, 0.2) is 53.1 Å². The van der Waals surface area contributed by atoms with Crippen LogP contribution in [0.2, 0.25) is 5.02 Å². The van der Waals surface area contributed by atoms with Crippen molar-refractivity contribution in [3.05, 3.63) is 69.5 Å². The van der Waals surface area contributed by atoms with Crippen molar-refractivity contribution in [2.75, 3.05) is 27.3 Å². The van der Waals surface area contributed by atoms with E-state index in [2.05, 4.69) is 36.4 Å². The van der Waals surface area contributed by atoms with Crippen molar-refractivity contribution in [3.63, 3.8) is 0 Å². The number of aliphatic hydroxyl groups is 1. The highest BCUT2D eigenvalue weighted by molar-refractivity contribution is 9.10. The monoisotopic (exact) mass is 600 g/mol. The first kappa shape index (κ1) is 26.2. The first-order valence-corrected chi connectivity index (χ1v) is 13.2. The van der Waals surface area contributed by atoms with E-state index in [4.69, 9.17) is 21.1 Å². The molecule has 2 aromatic heterocycles. The summed E-state index contributed by atoms with van der Waals surface area (Å²) in [6, 6.07) is 12.6. The van der Waals surface area contributed by atoms with Crippen LogP contribution in [-0.4, -0.2) is 68.4 Å². The molecule has 1 atom stereocenters. The molecule has 3 heterocycles. The summed E-state index contributed by atoms with van der Waals surface area (Å²) < 4.78 is 13.1. The molecule has 1 amide bonds. The van der Waals surface area contributed by atoms with Gasteiger partial charge in [-0.15, -0.1) is 5.10 Å². The van der Waals surface area contributed by atoms with Crippen molar-refractivity contribution in [2.24, 2.45) is 0 Å². The molecule has 0 spiro atoms. The smallest absolute Gasteiger partial charge is 0.271 e. The second-order valence-electron chi connectivity index (χ2n) is 9.06. The zero-order chi connectivity index (χ0) is 26.9. The van der Waals surface area contributed by atoms with Crippen molar-refractivity contribution in [2.45, 2.75) is 24.9 Å². The molecular weight excluding hydrogens is 576 g/mol. The van der Waals surface area contributed by atoms with Gasteiger partial charge < -0.3 is 19.5 Å². The highest BCUT2D eigenvalue weighted by atomic mass is 79.9. The number of rotatable bonds is 6. The topological polar surface area (TPSA) is 118 Å². The van der Waals surface area contributed by atoms with Crippen LogP contribution >= 0.6 is 27.5 Å². The molecule has 12 heteroatoms. The maximum absolute atomic E-state index is 13.3. The van der Waals surface area contributed by atoms with Crippen LogP contribution < -0.4 is 9.47 Å². The first-order chi connectivity index (χ1) is 18.3. The van der Waals surface area contributed by atoms with Crippen LogP contribution in [0.1, 0.15) is 35.4 Å². The Balaban J connectivity index is 1.30. The SMILES string of the molecule is COc1ccc(-c2cc(C(=O)N3CCCC(O)(c4cn(-c5ccc(Br)c(Cl)c5)nn4)CC3)[nH]n2)c(OC)c1. The molecule has 1 aliphatic heterocycles. The van der Waals surface area contributed by atoms with Gasteiger partial charge in [-0.1, -0.05) is 16.8 Å². The van der Waals surface area contributed by atoms with Gasteiger partial charge >= 0.3 is 0 Å². The Bertz CT molecular complexity index is 1470. The van der Waals surface area contributed by atoms with Crippen molar-refractivity contribution >= 4 is 33.4 Å². The number of ether oxygens (including phenoxy) is 2. The van der Waals surface area contributed by atoms with Gasteiger partial charge in [0.05, 0.1) is 36.8 Å². The molecule has 1 saturated heterocycles. The number of aromatic nitrogens is 5. The molecule has 5 rings (SSSR count). The molecule has 4 aromatic rings. The summed E-state index contributed by atoms with van der Waals surface area (Å²) in [6.45, 7) is 0.852. The summed E-state index contributed by atoms with van der Waals surface area (Å²) in [4.78, 5) is 15.0. The number of H-pyrrole nitrogens is 1. The average Bonchev–Trinajstić information content (AvgIpc) is 3.58. The fraction of sp³-hybridized carbons (Fsp3) is 0.308. The molecule has 38 heavy (non-hydrogen) atoms. The lowest BCUT2D eigenvalue weighted by Gasteiger charge is -2.24. The minimum Gasteiger partial charge on any atom is -0.497 e. The lowest BCUT2D eigenvalue weighted by atomic mass is 9.92. The minimum absolute atomic E-state index is 0.186. The van der Waals surface area contributed by atoms with Crippen LogP contribution in [0.4, 0.5) is 0 Å². The molecule has 1 aliphatic rings. The van der Waals surface area contributed by atoms with Gasteiger partial charge in [-0.2, -0.15) is 5.10 Å². The fourth-order valence-electron chi connectivity index (χ4n) is 4.56. The molecule has 0 aliphatic carbocycles. The Morgan fingerprint density at radius 1 is 1.13 bits per heavy atom. The summed E-state index contributed by atoms with van der Waals surface area (Å²) in [6.07, 6.45) is 3.09. The van der Waals surface area contributed by atoms with E-state index in [1.807, 2.05) is 24.3 Å². The van der Waals surface area contributed by atoms with Crippen molar-refractivity contribution in [3.8, 4) is 28.4 Å². The van der Waals surface area contributed by atoms with Gasteiger partial charge in [-0.25, -0.2) is 4.68 Å². The van der Waals surface area contributed by atoms with Gasteiger partial charge in [0, 0.05) is 29.2 Å². The maximum atomic E-state index is 13.3. The Labute approximate surface area is 232 Å². The van der Waals surface area contributed by atoms with Gasteiger partial charge in [-0.05, 0) is 71.6 Å². The summed E-state index contributed by atoms with van der Waals surface area (Å²) in [7, 11) is 3.16.